The van der Waals surface area contributed by atoms with Crippen molar-refractivity contribution in [3.8, 4) is 11.5 Å². The molecule has 0 aliphatic heterocycles. The summed E-state index contributed by atoms with van der Waals surface area (Å²) in [4.78, 5) is 15.5. The van der Waals surface area contributed by atoms with Crippen molar-refractivity contribution in [1.82, 2.24) is 10.3 Å². The molecule has 1 heterocycles. The number of rotatable bonds is 7. The van der Waals surface area contributed by atoms with E-state index in [2.05, 4.69) is 10.3 Å². The van der Waals surface area contributed by atoms with Gasteiger partial charge in [0.1, 0.15) is 12.3 Å². The molecule has 112 valence electrons. The SMILES string of the molecule is CC(C)CC(NCc1coc(-c2ccccc2)n1)C(=O)O. The van der Waals surface area contributed by atoms with Gasteiger partial charge in [-0.05, 0) is 24.5 Å². The Hall–Kier alpha value is -2.14. The lowest BCUT2D eigenvalue weighted by molar-refractivity contribution is -0.140. The number of benzene rings is 1. The fourth-order valence-electron chi connectivity index (χ4n) is 2.07. The summed E-state index contributed by atoms with van der Waals surface area (Å²) in [5, 5.41) is 12.2. The van der Waals surface area contributed by atoms with Gasteiger partial charge in [0, 0.05) is 12.1 Å². The average molecular weight is 288 g/mol. The third kappa shape index (κ3) is 4.43. The van der Waals surface area contributed by atoms with E-state index in [1.807, 2.05) is 44.2 Å². The fraction of sp³-hybridized carbons (Fsp3) is 0.375. The van der Waals surface area contributed by atoms with Crippen LogP contribution in [0.1, 0.15) is 26.0 Å². The van der Waals surface area contributed by atoms with Crippen LogP contribution in [0.3, 0.4) is 0 Å². The molecular formula is C16H20N2O3. The molecular weight excluding hydrogens is 268 g/mol. The van der Waals surface area contributed by atoms with Gasteiger partial charge in [-0.3, -0.25) is 10.1 Å². The van der Waals surface area contributed by atoms with Gasteiger partial charge in [-0.1, -0.05) is 32.0 Å². The Bertz CT molecular complexity index is 578. The minimum atomic E-state index is -0.838. The van der Waals surface area contributed by atoms with E-state index in [4.69, 9.17) is 4.42 Å². The fourth-order valence-corrected chi connectivity index (χ4v) is 2.07. The quantitative estimate of drug-likeness (QED) is 0.819. The first-order valence-electron chi connectivity index (χ1n) is 7.02. The Labute approximate surface area is 124 Å². The van der Waals surface area contributed by atoms with Crippen molar-refractivity contribution in [1.29, 1.82) is 0 Å². The van der Waals surface area contributed by atoms with Gasteiger partial charge in [0.25, 0.3) is 0 Å². The standard InChI is InChI=1S/C16H20N2O3/c1-11(2)8-14(16(19)20)17-9-13-10-21-15(18-13)12-6-4-3-5-7-12/h3-7,10-11,14,17H,8-9H2,1-2H3,(H,19,20). The molecule has 2 rings (SSSR count). The predicted octanol–water partition coefficient (Wildman–Crippen LogP) is 2.93. The number of nitrogens with zero attached hydrogens (tertiary/aromatic N) is 1. The molecule has 1 unspecified atom stereocenters. The summed E-state index contributed by atoms with van der Waals surface area (Å²) >= 11 is 0. The van der Waals surface area contributed by atoms with Crippen LogP contribution in [-0.4, -0.2) is 22.1 Å². The molecule has 21 heavy (non-hydrogen) atoms. The van der Waals surface area contributed by atoms with Crippen LogP contribution in [0.4, 0.5) is 0 Å². The number of carboxylic acids is 1. The number of aliphatic carboxylic acids is 1. The third-order valence-corrected chi connectivity index (χ3v) is 3.11. The highest BCUT2D eigenvalue weighted by Crippen LogP contribution is 2.18. The molecule has 1 atom stereocenters. The lowest BCUT2D eigenvalue weighted by Gasteiger charge is -2.15. The van der Waals surface area contributed by atoms with Gasteiger partial charge in [0.05, 0.1) is 5.69 Å². The summed E-state index contributed by atoms with van der Waals surface area (Å²) < 4.78 is 5.43. The predicted molar refractivity (Wildman–Crippen MR) is 79.7 cm³/mol. The minimum absolute atomic E-state index is 0.316. The van der Waals surface area contributed by atoms with Crippen molar-refractivity contribution in [2.24, 2.45) is 5.92 Å². The van der Waals surface area contributed by atoms with Crippen LogP contribution in [-0.2, 0) is 11.3 Å². The zero-order valence-electron chi connectivity index (χ0n) is 12.2. The summed E-state index contributed by atoms with van der Waals surface area (Å²) in [6, 6.07) is 9.03. The molecule has 0 radical (unpaired) electrons. The molecule has 0 aliphatic rings. The highest BCUT2D eigenvalue weighted by molar-refractivity contribution is 5.73. The number of aromatic nitrogens is 1. The largest absolute Gasteiger partial charge is 0.480 e. The average Bonchev–Trinajstić information content (AvgIpc) is 2.92. The molecule has 2 aromatic rings. The van der Waals surface area contributed by atoms with Crippen molar-refractivity contribution in [2.45, 2.75) is 32.9 Å². The molecule has 5 nitrogen and oxygen atoms in total. The first-order valence-corrected chi connectivity index (χ1v) is 7.02. The van der Waals surface area contributed by atoms with E-state index >= 15 is 0 Å². The maximum atomic E-state index is 11.2. The van der Waals surface area contributed by atoms with Crippen LogP contribution < -0.4 is 5.32 Å². The highest BCUT2D eigenvalue weighted by Gasteiger charge is 2.18. The number of nitrogens with one attached hydrogen (secondary N) is 1. The molecule has 0 amide bonds. The van der Waals surface area contributed by atoms with Gasteiger partial charge >= 0.3 is 5.97 Å². The molecule has 1 aromatic heterocycles. The van der Waals surface area contributed by atoms with Gasteiger partial charge < -0.3 is 9.52 Å². The lowest BCUT2D eigenvalue weighted by atomic mass is 10.0. The van der Waals surface area contributed by atoms with Gasteiger partial charge in [0.2, 0.25) is 5.89 Å². The lowest BCUT2D eigenvalue weighted by Crippen LogP contribution is -2.37. The molecule has 1 aromatic carbocycles. The first-order chi connectivity index (χ1) is 10.1. The highest BCUT2D eigenvalue weighted by atomic mass is 16.4. The molecule has 0 saturated heterocycles. The Kier molecular flexibility index (Phi) is 5.11. The van der Waals surface area contributed by atoms with Crippen molar-refractivity contribution < 1.29 is 14.3 Å². The van der Waals surface area contributed by atoms with Crippen molar-refractivity contribution >= 4 is 5.97 Å². The second-order valence-corrected chi connectivity index (χ2v) is 5.41. The Morgan fingerprint density at radius 3 is 2.67 bits per heavy atom. The van der Waals surface area contributed by atoms with Crippen molar-refractivity contribution in [3.63, 3.8) is 0 Å². The Morgan fingerprint density at radius 2 is 2.05 bits per heavy atom. The molecule has 5 heteroatoms. The minimum Gasteiger partial charge on any atom is -0.480 e. The molecule has 2 N–H and O–H groups in total. The van der Waals surface area contributed by atoms with Crippen LogP contribution >= 0.6 is 0 Å². The second kappa shape index (κ2) is 7.04. The van der Waals surface area contributed by atoms with Crippen LogP contribution in [0.5, 0.6) is 0 Å². The maximum Gasteiger partial charge on any atom is 0.320 e. The zero-order valence-corrected chi connectivity index (χ0v) is 12.2. The molecule has 0 saturated carbocycles. The molecule has 0 aliphatic carbocycles. The normalized spacial score (nSPS) is 12.5. The van der Waals surface area contributed by atoms with E-state index in [0.717, 1.165) is 5.56 Å². The monoisotopic (exact) mass is 288 g/mol. The van der Waals surface area contributed by atoms with Crippen LogP contribution in [0, 0.1) is 5.92 Å². The first kappa shape index (κ1) is 15.3. The Morgan fingerprint density at radius 1 is 1.33 bits per heavy atom. The van der Waals surface area contributed by atoms with Gasteiger partial charge in [-0.25, -0.2) is 4.98 Å². The van der Waals surface area contributed by atoms with E-state index < -0.39 is 12.0 Å². The van der Waals surface area contributed by atoms with Crippen LogP contribution in [0.25, 0.3) is 11.5 Å². The summed E-state index contributed by atoms with van der Waals surface area (Å²) in [7, 11) is 0. The number of carbonyl (C=O) groups is 1. The smallest absolute Gasteiger partial charge is 0.320 e. The number of hydrogen-bond donors (Lipinski definition) is 2. The number of carboxylic acid groups (broad SMARTS) is 1. The summed E-state index contributed by atoms with van der Waals surface area (Å²) in [5.74, 6) is 0.0226. The topological polar surface area (TPSA) is 75.4 Å². The van der Waals surface area contributed by atoms with Gasteiger partial charge in [-0.2, -0.15) is 0 Å². The second-order valence-electron chi connectivity index (χ2n) is 5.41. The third-order valence-electron chi connectivity index (χ3n) is 3.11. The molecule has 0 spiro atoms. The number of oxazole rings is 1. The van der Waals surface area contributed by atoms with Gasteiger partial charge in [-0.15, -0.1) is 0 Å². The van der Waals surface area contributed by atoms with Crippen LogP contribution in [0.15, 0.2) is 41.0 Å². The van der Waals surface area contributed by atoms with E-state index in [1.54, 1.807) is 6.26 Å². The Balaban J connectivity index is 1.98. The van der Waals surface area contributed by atoms with Crippen LogP contribution in [0.2, 0.25) is 0 Å². The van der Waals surface area contributed by atoms with E-state index in [0.29, 0.717) is 30.5 Å². The van der Waals surface area contributed by atoms with Gasteiger partial charge in [0.15, 0.2) is 0 Å². The van der Waals surface area contributed by atoms with Crippen molar-refractivity contribution in [2.75, 3.05) is 0 Å². The summed E-state index contributed by atoms with van der Waals surface area (Å²) in [6.45, 7) is 4.38. The zero-order chi connectivity index (χ0) is 15.2. The van der Waals surface area contributed by atoms with E-state index in [1.165, 1.54) is 0 Å². The molecule has 0 fully saturated rings. The van der Waals surface area contributed by atoms with Crippen molar-refractivity contribution in [3.05, 3.63) is 42.3 Å². The summed E-state index contributed by atoms with van der Waals surface area (Å²) in [6.07, 6.45) is 2.14. The summed E-state index contributed by atoms with van der Waals surface area (Å²) in [5.41, 5.74) is 1.60. The maximum absolute atomic E-state index is 11.2. The number of hydrogen-bond acceptors (Lipinski definition) is 4. The van der Waals surface area contributed by atoms with E-state index in [9.17, 15) is 9.90 Å². The van der Waals surface area contributed by atoms with E-state index in [-0.39, 0.29) is 0 Å². The molecule has 0 bridgehead atoms.